The lowest BCUT2D eigenvalue weighted by molar-refractivity contribution is -0.127. The van der Waals surface area contributed by atoms with Crippen molar-refractivity contribution in [3.63, 3.8) is 0 Å². The van der Waals surface area contributed by atoms with E-state index >= 15 is 0 Å². The summed E-state index contributed by atoms with van der Waals surface area (Å²) < 4.78 is 7.90. The zero-order valence-electron chi connectivity index (χ0n) is 19.9. The highest BCUT2D eigenvalue weighted by Crippen LogP contribution is 2.33. The maximum atomic E-state index is 12.7. The van der Waals surface area contributed by atoms with Crippen LogP contribution in [-0.4, -0.2) is 34.0 Å². The van der Waals surface area contributed by atoms with Crippen LogP contribution < -0.4 is 15.0 Å². The van der Waals surface area contributed by atoms with Crippen molar-refractivity contribution >= 4 is 34.2 Å². The van der Waals surface area contributed by atoms with Gasteiger partial charge in [0.2, 0.25) is 5.91 Å². The molecule has 1 aromatic heterocycles. The lowest BCUT2D eigenvalue weighted by atomic mass is 10.1. The Kier molecular flexibility index (Phi) is 6.23. The Balaban J connectivity index is 1.21. The van der Waals surface area contributed by atoms with Gasteiger partial charge in [-0.05, 0) is 62.2 Å². The molecule has 1 aliphatic rings. The quantitative estimate of drug-likeness (QED) is 0.430. The molecule has 3 aromatic carbocycles. The predicted octanol–water partition coefficient (Wildman–Crippen LogP) is 4.59. The second kappa shape index (κ2) is 9.62. The summed E-state index contributed by atoms with van der Waals surface area (Å²) >= 11 is 0. The number of nitrogens with one attached hydrogen (secondary N) is 1. The maximum absolute atomic E-state index is 12.7. The number of aryl methyl sites for hydroxylation is 3. The summed E-state index contributed by atoms with van der Waals surface area (Å²) in [7, 11) is 0. The number of benzene rings is 3. The normalized spacial score (nSPS) is 15.1. The smallest absolute Gasteiger partial charge is 0.268 e. The number of carbonyl (C=O) groups is 2. The third kappa shape index (κ3) is 4.62. The molecule has 1 aliphatic heterocycles. The number of ether oxygens (including phenoxy) is 1. The highest BCUT2D eigenvalue weighted by atomic mass is 16.5. The van der Waals surface area contributed by atoms with Gasteiger partial charge in [-0.3, -0.25) is 14.5 Å². The van der Waals surface area contributed by atoms with Crippen LogP contribution in [0.4, 0.5) is 11.4 Å². The minimum atomic E-state index is -0.627. The number of carbonyl (C=O) groups excluding carboxylic acids is 2. The molecule has 7 nitrogen and oxygen atoms in total. The molecule has 0 radical (unpaired) electrons. The first-order chi connectivity index (χ1) is 17.0. The zero-order chi connectivity index (χ0) is 24.4. The molecule has 4 aromatic rings. The molecular formula is C28H28N4O3. The number of amides is 2. The largest absolute Gasteiger partial charge is 0.479 e. The maximum Gasteiger partial charge on any atom is 0.268 e. The number of hydrogen-bond donors (Lipinski definition) is 1. The third-order valence-corrected chi connectivity index (χ3v) is 6.30. The number of aromatic nitrogens is 2. The highest BCUT2D eigenvalue weighted by molar-refractivity contribution is 6.06. The molecule has 178 valence electrons. The van der Waals surface area contributed by atoms with Crippen molar-refractivity contribution in [2.24, 2.45) is 0 Å². The molecule has 0 aliphatic carbocycles. The first-order valence-electron chi connectivity index (χ1n) is 11.9. The molecule has 0 unspecified atom stereocenters. The zero-order valence-corrected chi connectivity index (χ0v) is 19.9. The number of fused-ring (bicyclic) bond motifs is 2. The number of imidazole rings is 1. The van der Waals surface area contributed by atoms with Crippen LogP contribution in [0.5, 0.6) is 5.75 Å². The number of nitrogens with zero attached hydrogens (tertiary/aromatic N) is 3. The van der Waals surface area contributed by atoms with Gasteiger partial charge in [0, 0.05) is 18.7 Å². The molecule has 2 amide bonds. The van der Waals surface area contributed by atoms with Crippen LogP contribution in [0, 0.1) is 0 Å². The Hall–Kier alpha value is -4.13. The van der Waals surface area contributed by atoms with E-state index in [1.807, 2.05) is 54.6 Å². The summed E-state index contributed by atoms with van der Waals surface area (Å²) in [4.78, 5) is 31.6. The Bertz CT molecular complexity index is 1380. The summed E-state index contributed by atoms with van der Waals surface area (Å²) in [5, 5.41) is 2.90. The van der Waals surface area contributed by atoms with Gasteiger partial charge in [0.1, 0.15) is 18.1 Å². The van der Waals surface area contributed by atoms with E-state index in [1.54, 1.807) is 19.1 Å². The van der Waals surface area contributed by atoms with E-state index in [4.69, 9.17) is 9.72 Å². The van der Waals surface area contributed by atoms with E-state index in [9.17, 15) is 9.59 Å². The van der Waals surface area contributed by atoms with E-state index in [1.165, 1.54) is 16.0 Å². The molecule has 7 heteroatoms. The summed E-state index contributed by atoms with van der Waals surface area (Å²) in [6, 6.07) is 23.3. The fourth-order valence-electron chi connectivity index (χ4n) is 4.55. The van der Waals surface area contributed by atoms with Crippen LogP contribution >= 0.6 is 0 Å². The fourth-order valence-corrected chi connectivity index (χ4v) is 4.55. The second-order valence-corrected chi connectivity index (χ2v) is 8.66. The van der Waals surface area contributed by atoms with Crippen LogP contribution in [0.2, 0.25) is 0 Å². The van der Waals surface area contributed by atoms with Crippen molar-refractivity contribution in [3.8, 4) is 5.75 Å². The predicted molar refractivity (Wildman–Crippen MR) is 137 cm³/mol. The molecule has 5 rings (SSSR count). The van der Waals surface area contributed by atoms with E-state index in [0.29, 0.717) is 17.1 Å². The van der Waals surface area contributed by atoms with Crippen LogP contribution in [0.15, 0.2) is 72.8 Å². The van der Waals surface area contributed by atoms with Crippen LogP contribution in [-0.2, 0) is 29.0 Å². The van der Waals surface area contributed by atoms with E-state index in [0.717, 1.165) is 30.7 Å². The Labute approximate surface area is 204 Å². The standard InChI is InChI=1S/C28H28N4O3/c1-3-31-23-9-5-4-8-22(23)30-26(31)17-14-20-12-15-21(16-13-20)29-27(33)18-32-24-10-6-7-11-25(24)35-19(2)28(32)34/h4-13,15-16,19H,3,14,17-18H2,1-2H3,(H,29,33)/t19-/m1/s1. The van der Waals surface area contributed by atoms with E-state index < -0.39 is 6.10 Å². The molecule has 2 heterocycles. The first kappa shape index (κ1) is 22.7. The van der Waals surface area contributed by atoms with Gasteiger partial charge in [0.05, 0.1) is 16.7 Å². The molecular weight excluding hydrogens is 440 g/mol. The van der Waals surface area contributed by atoms with Crippen molar-refractivity contribution in [3.05, 3.63) is 84.2 Å². The number of anilines is 2. The first-order valence-corrected chi connectivity index (χ1v) is 11.9. The van der Waals surface area contributed by atoms with Crippen molar-refractivity contribution < 1.29 is 14.3 Å². The lowest BCUT2D eigenvalue weighted by Gasteiger charge is -2.32. The van der Waals surface area contributed by atoms with E-state index in [-0.39, 0.29) is 18.4 Å². The third-order valence-electron chi connectivity index (χ3n) is 6.30. The highest BCUT2D eigenvalue weighted by Gasteiger charge is 2.32. The second-order valence-electron chi connectivity index (χ2n) is 8.66. The number of para-hydroxylation sites is 4. The number of hydrogen-bond acceptors (Lipinski definition) is 4. The number of rotatable bonds is 7. The van der Waals surface area contributed by atoms with Crippen molar-refractivity contribution in [1.82, 2.24) is 9.55 Å². The minimum Gasteiger partial charge on any atom is -0.479 e. The van der Waals surface area contributed by atoms with Crippen molar-refractivity contribution in [1.29, 1.82) is 0 Å². The molecule has 35 heavy (non-hydrogen) atoms. The minimum absolute atomic E-state index is 0.0709. The summed E-state index contributed by atoms with van der Waals surface area (Å²) in [5.74, 6) is 1.20. The van der Waals surface area contributed by atoms with Gasteiger partial charge >= 0.3 is 0 Å². The van der Waals surface area contributed by atoms with Crippen molar-refractivity contribution in [2.45, 2.75) is 39.3 Å². The average Bonchev–Trinajstić information content (AvgIpc) is 3.24. The molecule has 0 spiro atoms. The van der Waals surface area contributed by atoms with Gasteiger partial charge in [-0.15, -0.1) is 0 Å². The van der Waals surface area contributed by atoms with Gasteiger partial charge in [-0.1, -0.05) is 36.4 Å². The SMILES string of the molecule is CCn1c(CCc2ccc(NC(=O)CN3C(=O)[C@@H](C)Oc4ccccc43)cc2)nc2ccccc21. The molecule has 0 saturated heterocycles. The van der Waals surface area contributed by atoms with Gasteiger partial charge in [0.15, 0.2) is 6.10 Å². The Morgan fingerprint density at radius 1 is 1.00 bits per heavy atom. The molecule has 1 atom stereocenters. The topological polar surface area (TPSA) is 76.5 Å². The Morgan fingerprint density at radius 2 is 1.74 bits per heavy atom. The summed E-state index contributed by atoms with van der Waals surface area (Å²) in [5.41, 5.74) is 4.67. The van der Waals surface area contributed by atoms with Crippen LogP contribution in [0.25, 0.3) is 11.0 Å². The molecule has 0 fully saturated rings. The summed E-state index contributed by atoms with van der Waals surface area (Å²) in [6.45, 7) is 4.64. The summed E-state index contributed by atoms with van der Waals surface area (Å²) in [6.07, 6.45) is 1.07. The lowest BCUT2D eigenvalue weighted by Crippen LogP contribution is -2.47. The van der Waals surface area contributed by atoms with E-state index in [2.05, 4.69) is 22.9 Å². The van der Waals surface area contributed by atoms with Gasteiger partial charge in [-0.2, -0.15) is 0 Å². The van der Waals surface area contributed by atoms with Gasteiger partial charge in [-0.25, -0.2) is 4.98 Å². The van der Waals surface area contributed by atoms with Crippen LogP contribution in [0.1, 0.15) is 25.2 Å². The average molecular weight is 469 g/mol. The molecule has 0 saturated carbocycles. The monoisotopic (exact) mass is 468 g/mol. The van der Waals surface area contributed by atoms with Crippen molar-refractivity contribution in [2.75, 3.05) is 16.8 Å². The van der Waals surface area contributed by atoms with Gasteiger partial charge < -0.3 is 14.6 Å². The van der Waals surface area contributed by atoms with Crippen LogP contribution in [0.3, 0.4) is 0 Å². The fraction of sp³-hybridized carbons (Fsp3) is 0.250. The Morgan fingerprint density at radius 3 is 2.54 bits per heavy atom. The van der Waals surface area contributed by atoms with Gasteiger partial charge in [0.25, 0.3) is 5.91 Å². The molecule has 0 bridgehead atoms. The molecule has 1 N–H and O–H groups in total.